The van der Waals surface area contributed by atoms with Gasteiger partial charge >= 0.3 is 0 Å². The van der Waals surface area contributed by atoms with E-state index in [9.17, 15) is 14.7 Å². The number of amides is 1. The van der Waals surface area contributed by atoms with Crippen LogP contribution in [0.15, 0.2) is 42.0 Å². The van der Waals surface area contributed by atoms with Crippen molar-refractivity contribution in [2.75, 3.05) is 27.4 Å². The Kier molecular flexibility index (Phi) is 7.26. The Balaban J connectivity index is 2.17. The first-order chi connectivity index (χ1) is 14.8. The van der Waals surface area contributed by atoms with E-state index in [4.69, 9.17) is 32.7 Å². The number of hydrogen-bond donors (Lipinski definition) is 1. The number of rotatable bonds is 7. The molecule has 1 aliphatic rings. The average Bonchev–Trinajstić information content (AvgIpc) is 3.00. The third kappa shape index (κ3) is 4.56. The number of aliphatic hydroxyl groups excluding tert-OH is 1. The highest BCUT2D eigenvalue weighted by Gasteiger charge is 2.46. The molecule has 2 aromatic rings. The van der Waals surface area contributed by atoms with Crippen LogP contribution in [0.2, 0.25) is 10.0 Å². The van der Waals surface area contributed by atoms with E-state index in [0.29, 0.717) is 45.5 Å². The van der Waals surface area contributed by atoms with Crippen molar-refractivity contribution < 1.29 is 24.2 Å². The number of nitrogens with zero attached hydrogens (tertiary/aromatic N) is 1. The van der Waals surface area contributed by atoms with Crippen molar-refractivity contribution in [1.29, 1.82) is 0 Å². The molecule has 0 aromatic heterocycles. The Bertz CT molecular complexity index is 1050. The van der Waals surface area contributed by atoms with Gasteiger partial charge in [0.05, 0.1) is 28.8 Å². The van der Waals surface area contributed by atoms with Crippen LogP contribution in [-0.4, -0.2) is 49.1 Å². The maximum Gasteiger partial charge on any atom is 0.295 e. The van der Waals surface area contributed by atoms with Crippen LogP contribution in [0.1, 0.15) is 29.2 Å². The zero-order valence-corrected chi connectivity index (χ0v) is 19.0. The maximum atomic E-state index is 13.0. The molecule has 0 spiro atoms. The van der Waals surface area contributed by atoms with Gasteiger partial charge in [0, 0.05) is 25.8 Å². The smallest absolute Gasteiger partial charge is 0.295 e. The van der Waals surface area contributed by atoms with E-state index in [1.54, 1.807) is 57.5 Å². The Morgan fingerprint density at radius 3 is 2.45 bits per heavy atom. The first-order valence-corrected chi connectivity index (χ1v) is 10.4. The fourth-order valence-electron chi connectivity index (χ4n) is 3.69. The first kappa shape index (κ1) is 23.1. The molecule has 1 heterocycles. The van der Waals surface area contributed by atoms with Gasteiger partial charge in [-0.05, 0) is 54.8 Å². The highest BCUT2D eigenvalue weighted by Crippen LogP contribution is 2.41. The van der Waals surface area contributed by atoms with Crippen molar-refractivity contribution >= 4 is 40.7 Å². The molecule has 3 rings (SSSR count). The van der Waals surface area contributed by atoms with Gasteiger partial charge in [-0.25, -0.2) is 0 Å². The van der Waals surface area contributed by atoms with Gasteiger partial charge in [-0.1, -0.05) is 29.3 Å². The lowest BCUT2D eigenvalue weighted by molar-refractivity contribution is -0.140. The van der Waals surface area contributed by atoms with Crippen molar-refractivity contribution in [3.8, 4) is 5.75 Å². The first-order valence-electron chi connectivity index (χ1n) is 9.67. The number of halogens is 2. The fraction of sp³-hybridized carbons (Fsp3) is 0.304. The maximum absolute atomic E-state index is 13.0. The SMILES string of the molecule is COCCCN1C(=O)C(=O)C(=C(O)c2ccc(OC)cc2C)[C@@H]1c1ccc(Cl)c(Cl)c1. The summed E-state index contributed by atoms with van der Waals surface area (Å²) in [5, 5.41) is 11.8. The zero-order valence-electron chi connectivity index (χ0n) is 17.4. The monoisotopic (exact) mass is 463 g/mol. The van der Waals surface area contributed by atoms with Crippen LogP contribution in [0.3, 0.4) is 0 Å². The van der Waals surface area contributed by atoms with Crippen molar-refractivity contribution in [2.24, 2.45) is 0 Å². The van der Waals surface area contributed by atoms with Gasteiger partial charge in [-0.15, -0.1) is 0 Å². The molecule has 1 N–H and O–H groups in total. The van der Waals surface area contributed by atoms with E-state index in [1.165, 1.54) is 4.90 Å². The molecule has 1 atom stereocenters. The molecule has 8 heteroatoms. The van der Waals surface area contributed by atoms with Crippen molar-refractivity contribution in [1.82, 2.24) is 4.90 Å². The number of likely N-dealkylation sites (tertiary alicyclic amines) is 1. The van der Waals surface area contributed by atoms with Crippen LogP contribution in [0, 0.1) is 6.92 Å². The van der Waals surface area contributed by atoms with Gasteiger partial charge in [0.25, 0.3) is 11.7 Å². The Morgan fingerprint density at radius 1 is 1.10 bits per heavy atom. The molecule has 1 amide bonds. The summed E-state index contributed by atoms with van der Waals surface area (Å²) >= 11 is 12.3. The molecule has 0 bridgehead atoms. The lowest BCUT2D eigenvalue weighted by Gasteiger charge is -2.25. The molecule has 0 saturated carbocycles. The van der Waals surface area contributed by atoms with Gasteiger partial charge in [0.15, 0.2) is 0 Å². The van der Waals surface area contributed by atoms with Gasteiger partial charge < -0.3 is 19.5 Å². The molecule has 0 unspecified atom stereocenters. The normalized spacial score (nSPS) is 18.0. The molecule has 164 valence electrons. The number of aliphatic hydroxyl groups is 1. The van der Waals surface area contributed by atoms with E-state index in [2.05, 4.69) is 0 Å². The molecule has 1 aliphatic heterocycles. The number of ether oxygens (including phenoxy) is 2. The summed E-state index contributed by atoms with van der Waals surface area (Å²) in [5.41, 5.74) is 1.74. The lowest BCUT2D eigenvalue weighted by Crippen LogP contribution is -2.31. The van der Waals surface area contributed by atoms with Gasteiger partial charge in [0.1, 0.15) is 11.5 Å². The summed E-state index contributed by atoms with van der Waals surface area (Å²) in [6.45, 7) is 2.50. The summed E-state index contributed by atoms with van der Waals surface area (Å²) in [6, 6.07) is 9.21. The lowest BCUT2D eigenvalue weighted by atomic mass is 9.94. The topological polar surface area (TPSA) is 76.1 Å². The Labute approximate surface area is 191 Å². The van der Waals surface area contributed by atoms with E-state index in [-0.39, 0.29) is 17.9 Å². The van der Waals surface area contributed by atoms with Gasteiger partial charge in [-0.3, -0.25) is 9.59 Å². The van der Waals surface area contributed by atoms with Crippen LogP contribution in [0.5, 0.6) is 5.75 Å². The van der Waals surface area contributed by atoms with Crippen LogP contribution in [-0.2, 0) is 14.3 Å². The molecule has 31 heavy (non-hydrogen) atoms. The van der Waals surface area contributed by atoms with Crippen LogP contribution >= 0.6 is 23.2 Å². The van der Waals surface area contributed by atoms with Crippen LogP contribution in [0.25, 0.3) is 5.76 Å². The molecule has 0 radical (unpaired) electrons. The second-order valence-corrected chi connectivity index (χ2v) is 8.01. The highest BCUT2D eigenvalue weighted by molar-refractivity contribution is 6.47. The van der Waals surface area contributed by atoms with E-state index >= 15 is 0 Å². The number of benzene rings is 2. The predicted octanol–water partition coefficient (Wildman–Crippen LogP) is 4.77. The quantitative estimate of drug-likeness (QED) is 0.277. The molecule has 6 nitrogen and oxygen atoms in total. The molecule has 1 saturated heterocycles. The second-order valence-electron chi connectivity index (χ2n) is 7.19. The number of methoxy groups -OCH3 is 2. The van der Waals surface area contributed by atoms with Crippen molar-refractivity contribution in [3.63, 3.8) is 0 Å². The number of ketones is 1. The standard InChI is InChI=1S/C23H23Cl2NO5/c1-13-11-15(31-3)6-7-16(13)21(27)19-20(14-5-8-17(24)18(25)12-14)26(9-4-10-30-2)23(29)22(19)28/h5-8,11-12,20,27H,4,9-10H2,1-3H3/t20-/m0/s1. The largest absolute Gasteiger partial charge is 0.507 e. The summed E-state index contributed by atoms with van der Waals surface area (Å²) < 4.78 is 10.3. The average molecular weight is 464 g/mol. The summed E-state index contributed by atoms with van der Waals surface area (Å²) in [5.74, 6) is -1.06. The van der Waals surface area contributed by atoms with E-state index in [0.717, 1.165) is 0 Å². The molecular formula is C23H23Cl2NO5. The summed E-state index contributed by atoms with van der Waals surface area (Å²) in [7, 11) is 3.11. The van der Waals surface area contributed by atoms with E-state index in [1.807, 2.05) is 0 Å². The summed E-state index contributed by atoms with van der Waals surface area (Å²) in [6.07, 6.45) is 0.531. The number of aryl methyl sites for hydroxylation is 1. The zero-order chi connectivity index (χ0) is 22.7. The third-order valence-corrected chi connectivity index (χ3v) is 5.97. The molecule has 0 aliphatic carbocycles. The highest BCUT2D eigenvalue weighted by atomic mass is 35.5. The molecule has 1 fully saturated rings. The molecule has 2 aromatic carbocycles. The Morgan fingerprint density at radius 2 is 1.84 bits per heavy atom. The van der Waals surface area contributed by atoms with Crippen LogP contribution in [0.4, 0.5) is 0 Å². The number of hydrogen-bond acceptors (Lipinski definition) is 5. The predicted molar refractivity (Wildman–Crippen MR) is 120 cm³/mol. The third-order valence-electron chi connectivity index (χ3n) is 5.24. The number of Topliss-reactive ketones (excluding diaryl/α,β-unsaturated/α-hetero) is 1. The van der Waals surface area contributed by atoms with Gasteiger partial charge in [0.2, 0.25) is 0 Å². The minimum absolute atomic E-state index is 0.00840. The van der Waals surface area contributed by atoms with E-state index < -0.39 is 17.7 Å². The summed E-state index contributed by atoms with van der Waals surface area (Å²) in [4.78, 5) is 27.3. The van der Waals surface area contributed by atoms with Crippen LogP contribution < -0.4 is 4.74 Å². The fourth-order valence-corrected chi connectivity index (χ4v) is 4.00. The second kappa shape index (κ2) is 9.73. The Hall–Kier alpha value is -2.54. The van der Waals surface area contributed by atoms with Gasteiger partial charge in [-0.2, -0.15) is 0 Å². The number of carbonyl (C=O) groups is 2. The molecular weight excluding hydrogens is 441 g/mol. The minimum Gasteiger partial charge on any atom is -0.507 e. The van der Waals surface area contributed by atoms with Crippen molar-refractivity contribution in [3.05, 3.63) is 68.7 Å². The van der Waals surface area contributed by atoms with Crippen molar-refractivity contribution in [2.45, 2.75) is 19.4 Å². The minimum atomic E-state index is -0.798. The number of carbonyl (C=O) groups excluding carboxylic acids is 2.